The molecule has 412 valence electrons. The van der Waals surface area contributed by atoms with Crippen LogP contribution in [0.15, 0.2) is 224 Å². The van der Waals surface area contributed by atoms with Gasteiger partial charge in [-0.15, -0.1) is 20.5 Å². The van der Waals surface area contributed by atoms with Gasteiger partial charge in [-0.05, 0) is 133 Å². The smallest absolute Gasteiger partial charge is 0.259 e. The van der Waals surface area contributed by atoms with Crippen LogP contribution < -0.4 is 30.7 Å². The van der Waals surface area contributed by atoms with Gasteiger partial charge in [0.05, 0.1) is 35.1 Å². The number of para-hydroxylation sites is 2. The molecule has 0 saturated heterocycles. The molecule has 0 aromatic heterocycles. The van der Waals surface area contributed by atoms with Gasteiger partial charge in [0.25, 0.3) is 23.6 Å². The van der Waals surface area contributed by atoms with Crippen LogP contribution in [0.5, 0.6) is 23.0 Å². The summed E-state index contributed by atoms with van der Waals surface area (Å²) in [6, 6.07) is 52.2. The zero-order valence-corrected chi connectivity index (χ0v) is 45.6. The van der Waals surface area contributed by atoms with E-state index in [2.05, 4.69) is 41.7 Å². The Kier molecular flexibility index (Phi) is 15.8. The van der Waals surface area contributed by atoms with Crippen molar-refractivity contribution in [3.8, 4) is 23.0 Å². The number of hydrogen-bond donors (Lipinski definition) is 6. The molecule has 0 aliphatic rings. The topological polar surface area (TPSA) is 259 Å². The van der Waals surface area contributed by atoms with Crippen molar-refractivity contribution < 1.29 is 47.3 Å². The number of benzene rings is 10. The molecule has 19 heteroatoms. The molecule has 4 amide bonds. The number of rotatable bonds is 16. The number of aryl methyl sites for hydroxylation is 2. The molecule has 0 heterocycles. The van der Waals surface area contributed by atoms with Crippen LogP contribution in [0.2, 0.25) is 0 Å². The highest BCUT2D eigenvalue weighted by Crippen LogP contribution is 2.43. The first-order valence-electron chi connectivity index (χ1n) is 25.6. The van der Waals surface area contributed by atoms with E-state index in [4.69, 9.17) is 9.47 Å². The average molecular weight is 1120 g/mol. The Hall–Kier alpha value is -11.1. The van der Waals surface area contributed by atoms with E-state index < -0.39 is 45.0 Å². The summed E-state index contributed by atoms with van der Waals surface area (Å²) in [5.41, 5.74) is 2.70. The van der Waals surface area contributed by atoms with Crippen molar-refractivity contribution >= 4 is 101 Å². The molecule has 0 bridgehead atoms. The van der Waals surface area contributed by atoms with Gasteiger partial charge in [-0.2, -0.15) is 0 Å². The number of methoxy groups -OCH3 is 2. The predicted octanol–water partition coefficient (Wildman–Crippen LogP) is 14.7. The Bertz CT molecular complexity index is 4130. The van der Waals surface area contributed by atoms with E-state index in [9.17, 15) is 37.8 Å². The minimum absolute atomic E-state index is 0.0580. The fraction of sp³-hybridized carbons (Fsp3) is 0.0625. The number of azo groups is 2. The van der Waals surface area contributed by atoms with Crippen LogP contribution in [0.4, 0.5) is 45.5 Å². The standard InChI is InChI=1S/C64H50N8O10S/c1-37-23-27-45(35-51(37)67-63(77)49-31-39-15-11-13-21-47(39)57(59(49)73)71-69-53-33-41(25-29-55(53)81-3)61(75)65-43-17-7-5-8-18-43)83(79,80)46-28-24-38(2)52(36-46)68-64(78)50-32-40-16-12-14-22-48(40)58(60(50)74)72-70-54-34-42(26-30-56(54)82-4)62(76)66-44-19-9-6-10-20-44/h5-36,73-74H,1-4H3,(H,65,75)(H,66,76)(H,67,77)(H,68,78). The molecule has 0 fully saturated rings. The zero-order chi connectivity index (χ0) is 58.4. The number of carbonyl (C=O) groups is 4. The van der Waals surface area contributed by atoms with Crippen molar-refractivity contribution in [2.75, 3.05) is 35.5 Å². The SMILES string of the molecule is COc1ccc(C(=O)Nc2ccccc2)cc1N=Nc1c(O)c(C(=O)Nc2cc(S(=O)(=O)c3ccc(C)c(NC(=O)c4cc5ccccc5c(N=Nc5cc(C(=O)Nc6ccccc6)ccc5OC)c4O)c3)ccc2C)cc2ccccc12. The van der Waals surface area contributed by atoms with Gasteiger partial charge >= 0.3 is 0 Å². The summed E-state index contributed by atoms with van der Waals surface area (Å²) in [5.74, 6) is -2.89. The maximum absolute atomic E-state index is 14.5. The summed E-state index contributed by atoms with van der Waals surface area (Å²) in [4.78, 5) is 54.5. The molecular formula is C64H50N8O10S. The van der Waals surface area contributed by atoms with Gasteiger partial charge in [0, 0.05) is 44.6 Å². The number of phenolic OH excluding ortho intramolecular Hbond substituents is 2. The maximum atomic E-state index is 14.5. The summed E-state index contributed by atoms with van der Waals surface area (Å²) < 4.78 is 40.0. The maximum Gasteiger partial charge on any atom is 0.259 e. The second kappa shape index (κ2) is 23.7. The minimum Gasteiger partial charge on any atom is -0.505 e. The van der Waals surface area contributed by atoms with E-state index in [-0.39, 0.29) is 77.7 Å². The number of phenols is 2. The summed E-state index contributed by atoms with van der Waals surface area (Å²) in [5, 5.41) is 54.2. The lowest BCUT2D eigenvalue weighted by molar-refractivity contribution is 0.101. The molecule has 0 saturated carbocycles. The van der Waals surface area contributed by atoms with E-state index >= 15 is 0 Å². The van der Waals surface area contributed by atoms with Crippen LogP contribution in [0.3, 0.4) is 0 Å². The Balaban J connectivity index is 0.901. The van der Waals surface area contributed by atoms with Crippen LogP contribution in [0, 0.1) is 13.8 Å². The quantitative estimate of drug-likeness (QED) is 0.0499. The summed E-state index contributed by atoms with van der Waals surface area (Å²) in [6.45, 7) is 3.34. The molecule has 83 heavy (non-hydrogen) atoms. The molecule has 0 radical (unpaired) electrons. The highest BCUT2D eigenvalue weighted by Gasteiger charge is 2.25. The molecule has 6 N–H and O–H groups in total. The van der Waals surface area contributed by atoms with E-state index in [1.165, 1.54) is 74.9 Å². The molecule has 10 aromatic rings. The first-order chi connectivity index (χ1) is 40.1. The number of carbonyl (C=O) groups excluding carboxylic acids is 4. The van der Waals surface area contributed by atoms with Crippen LogP contribution in [-0.2, 0) is 9.84 Å². The van der Waals surface area contributed by atoms with Crippen molar-refractivity contribution in [3.63, 3.8) is 0 Å². The third-order valence-corrected chi connectivity index (χ3v) is 15.2. The number of anilines is 4. The average Bonchev–Trinajstić information content (AvgIpc) is 3.67. The first kappa shape index (κ1) is 55.3. The minimum atomic E-state index is -4.36. The van der Waals surface area contributed by atoms with Gasteiger partial charge in [0.2, 0.25) is 9.84 Å². The zero-order valence-electron chi connectivity index (χ0n) is 44.8. The summed E-state index contributed by atoms with van der Waals surface area (Å²) in [7, 11) is -1.49. The third-order valence-electron chi connectivity index (χ3n) is 13.5. The van der Waals surface area contributed by atoms with Crippen LogP contribution in [-0.4, -0.2) is 56.5 Å². The van der Waals surface area contributed by atoms with Gasteiger partial charge in [-0.1, -0.05) is 97.1 Å². The van der Waals surface area contributed by atoms with Crippen LogP contribution in [0.25, 0.3) is 21.5 Å². The third kappa shape index (κ3) is 11.8. The van der Waals surface area contributed by atoms with Crippen molar-refractivity contribution in [3.05, 3.63) is 228 Å². The van der Waals surface area contributed by atoms with Crippen molar-refractivity contribution in [2.45, 2.75) is 23.6 Å². The van der Waals surface area contributed by atoms with Gasteiger partial charge in [-0.25, -0.2) is 8.42 Å². The highest BCUT2D eigenvalue weighted by molar-refractivity contribution is 7.91. The lowest BCUT2D eigenvalue weighted by atomic mass is 10.0. The van der Waals surface area contributed by atoms with Gasteiger partial charge in [0.15, 0.2) is 11.5 Å². The Labute approximate surface area is 475 Å². The van der Waals surface area contributed by atoms with Crippen molar-refractivity contribution in [1.29, 1.82) is 0 Å². The van der Waals surface area contributed by atoms with E-state index in [0.717, 1.165) is 0 Å². The number of aromatic hydroxyl groups is 2. The Morgan fingerprint density at radius 2 is 0.807 bits per heavy atom. The van der Waals surface area contributed by atoms with Gasteiger partial charge in [-0.3, -0.25) is 19.2 Å². The molecule has 10 rings (SSSR count). The second-order valence-corrected chi connectivity index (χ2v) is 20.8. The molecule has 0 unspecified atom stereocenters. The number of hydrogen-bond acceptors (Lipinski definition) is 14. The Morgan fingerprint density at radius 3 is 1.20 bits per heavy atom. The lowest BCUT2D eigenvalue weighted by Crippen LogP contribution is -2.15. The number of amides is 4. The lowest BCUT2D eigenvalue weighted by Gasteiger charge is -2.15. The molecule has 18 nitrogen and oxygen atoms in total. The van der Waals surface area contributed by atoms with E-state index in [0.29, 0.717) is 44.0 Å². The fourth-order valence-corrected chi connectivity index (χ4v) is 10.3. The molecular weight excluding hydrogens is 1070 g/mol. The van der Waals surface area contributed by atoms with Gasteiger partial charge in [0.1, 0.15) is 34.2 Å². The fourth-order valence-electron chi connectivity index (χ4n) is 8.98. The van der Waals surface area contributed by atoms with Gasteiger partial charge < -0.3 is 41.0 Å². The number of sulfone groups is 1. The molecule has 0 aliphatic heterocycles. The van der Waals surface area contributed by atoms with Crippen LogP contribution >= 0.6 is 0 Å². The molecule has 0 atom stereocenters. The van der Waals surface area contributed by atoms with Crippen molar-refractivity contribution in [1.82, 2.24) is 0 Å². The number of ether oxygens (including phenoxy) is 2. The Morgan fingerprint density at radius 1 is 0.422 bits per heavy atom. The second-order valence-electron chi connectivity index (χ2n) is 18.9. The van der Waals surface area contributed by atoms with Crippen molar-refractivity contribution in [2.24, 2.45) is 20.5 Å². The van der Waals surface area contributed by atoms with Crippen LogP contribution in [0.1, 0.15) is 52.6 Å². The summed E-state index contributed by atoms with van der Waals surface area (Å²) >= 11 is 0. The number of nitrogens with one attached hydrogen (secondary N) is 4. The highest BCUT2D eigenvalue weighted by atomic mass is 32.2. The molecule has 10 aromatic carbocycles. The molecule has 0 spiro atoms. The summed E-state index contributed by atoms with van der Waals surface area (Å²) in [6.07, 6.45) is 0. The largest absolute Gasteiger partial charge is 0.505 e. The predicted molar refractivity (Wildman–Crippen MR) is 318 cm³/mol. The first-order valence-corrected chi connectivity index (χ1v) is 27.1. The van der Waals surface area contributed by atoms with E-state index in [1.54, 1.807) is 135 Å². The number of nitrogens with zero attached hydrogens (tertiary/aromatic N) is 4. The van der Waals surface area contributed by atoms with E-state index in [1.807, 2.05) is 12.1 Å². The monoisotopic (exact) mass is 1120 g/mol. The number of fused-ring (bicyclic) bond motifs is 2. The molecule has 0 aliphatic carbocycles. The normalized spacial score (nSPS) is 11.4.